The van der Waals surface area contributed by atoms with E-state index in [4.69, 9.17) is 4.52 Å². The van der Waals surface area contributed by atoms with E-state index in [0.29, 0.717) is 6.54 Å². The minimum Gasteiger partial charge on any atom is -0.355 e. The second-order valence-electron chi connectivity index (χ2n) is 7.55. The molecule has 0 spiro atoms. The van der Waals surface area contributed by atoms with E-state index in [9.17, 15) is 13.2 Å². The van der Waals surface area contributed by atoms with Gasteiger partial charge in [0.05, 0.1) is 4.90 Å². The summed E-state index contributed by atoms with van der Waals surface area (Å²) in [6.07, 6.45) is 2.94. The molecule has 1 aromatic carbocycles. The lowest BCUT2D eigenvalue weighted by atomic mass is 9.99. The molecule has 0 radical (unpaired) electrons. The molecule has 0 bridgehead atoms. The molecule has 8 nitrogen and oxygen atoms in total. The lowest BCUT2D eigenvalue weighted by Gasteiger charge is -2.30. The number of benzene rings is 1. The summed E-state index contributed by atoms with van der Waals surface area (Å²) in [6.45, 7) is 5.94. The molecule has 0 aliphatic carbocycles. The van der Waals surface area contributed by atoms with Gasteiger partial charge in [-0.2, -0.15) is 4.98 Å². The predicted molar refractivity (Wildman–Crippen MR) is 108 cm³/mol. The fourth-order valence-electron chi connectivity index (χ4n) is 3.28. The Labute approximate surface area is 171 Å². The predicted octanol–water partition coefficient (Wildman–Crippen LogP) is 1.82. The number of nitrogens with zero attached hydrogens (tertiary/aromatic N) is 3. The molecule has 1 aliphatic rings. The molecule has 1 saturated heterocycles. The van der Waals surface area contributed by atoms with E-state index in [-0.39, 0.29) is 41.1 Å². The number of hydrogen-bond donors (Lipinski definition) is 1. The van der Waals surface area contributed by atoms with Crippen molar-refractivity contribution in [2.45, 2.75) is 43.3 Å². The smallest absolute Gasteiger partial charge is 0.227 e. The van der Waals surface area contributed by atoms with Crippen molar-refractivity contribution in [3.8, 4) is 0 Å². The lowest BCUT2D eigenvalue weighted by Crippen LogP contribution is -2.39. The van der Waals surface area contributed by atoms with Crippen LogP contribution >= 0.6 is 0 Å². The number of aryl methyl sites for hydroxylation is 1. The van der Waals surface area contributed by atoms with Crippen LogP contribution in [0.25, 0.3) is 0 Å². The summed E-state index contributed by atoms with van der Waals surface area (Å²) >= 11 is 0. The van der Waals surface area contributed by atoms with Crippen LogP contribution in [0.2, 0.25) is 0 Å². The maximum absolute atomic E-state index is 12.4. The van der Waals surface area contributed by atoms with Gasteiger partial charge < -0.3 is 14.7 Å². The van der Waals surface area contributed by atoms with Gasteiger partial charge in [0.25, 0.3) is 0 Å². The number of sulfone groups is 1. The quantitative estimate of drug-likeness (QED) is 0.660. The highest BCUT2D eigenvalue weighted by atomic mass is 32.2. The monoisotopic (exact) mass is 420 g/mol. The third-order valence-corrected chi connectivity index (χ3v) is 6.75. The molecular formula is C20H28N4O4S. The summed E-state index contributed by atoms with van der Waals surface area (Å²) in [5, 5.41) is 6.64. The highest BCUT2D eigenvalue weighted by molar-refractivity contribution is 7.90. The number of likely N-dealkylation sites (tertiary alicyclic amines) is 1. The summed E-state index contributed by atoms with van der Waals surface area (Å²) in [5.41, 5.74) is 0. The third-order valence-electron chi connectivity index (χ3n) is 5.12. The molecule has 1 fully saturated rings. The first-order valence-electron chi connectivity index (χ1n) is 10.0. The summed E-state index contributed by atoms with van der Waals surface area (Å²) in [7, 11) is -3.53. The Kier molecular flexibility index (Phi) is 7.38. The first kappa shape index (κ1) is 21.4. The Hall–Kier alpha value is -2.26. The maximum Gasteiger partial charge on any atom is 0.227 e. The van der Waals surface area contributed by atoms with Crippen LogP contribution in [0.5, 0.6) is 0 Å². The Balaban J connectivity index is 1.39. The standard InChI is InChI=1S/C20H28N4O4S/c1-16-9-12-24(13-10-16)14-11-21-19(25)7-8-20-22-18(23-28-20)15-29(26,27)17-5-3-2-4-6-17/h2-6,16H,7-15H2,1H3,(H,21,25). The van der Waals surface area contributed by atoms with Gasteiger partial charge in [-0.1, -0.05) is 30.3 Å². The fraction of sp³-hybridized carbons (Fsp3) is 0.550. The van der Waals surface area contributed by atoms with Gasteiger partial charge in [-0.3, -0.25) is 4.79 Å². The third kappa shape index (κ3) is 6.64. The molecule has 2 aromatic rings. The summed E-state index contributed by atoms with van der Waals surface area (Å²) < 4.78 is 29.8. The number of nitrogens with one attached hydrogen (secondary N) is 1. The zero-order valence-corrected chi connectivity index (χ0v) is 17.5. The average molecular weight is 421 g/mol. The molecule has 0 saturated carbocycles. The van der Waals surface area contributed by atoms with E-state index in [1.165, 1.54) is 25.0 Å². The molecule has 1 amide bonds. The number of aromatic nitrogens is 2. The van der Waals surface area contributed by atoms with E-state index in [1.54, 1.807) is 18.2 Å². The number of hydrogen-bond acceptors (Lipinski definition) is 7. The van der Waals surface area contributed by atoms with Crippen molar-refractivity contribution in [1.29, 1.82) is 0 Å². The second-order valence-corrected chi connectivity index (χ2v) is 9.54. The number of carbonyl (C=O) groups excluding carboxylic acids is 1. The van der Waals surface area contributed by atoms with Crippen molar-refractivity contribution in [2.75, 3.05) is 26.2 Å². The Morgan fingerprint density at radius 3 is 2.69 bits per heavy atom. The zero-order valence-electron chi connectivity index (χ0n) is 16.7. The van der Waals surface area contributed by atoms with E-state index < -0.39 is 9.84 Å². The number of rotatable bonds is 9. The first-order chi connectivity index (χ1) is 13.9. The number of piperidine rings is 1. The molecule has 2 heterocycles. The van der Waals surface area contributed by atoms with Gasteiger partial charge in [0, 0.05) is 25.9 Å². The van der Waals surface area contributed by atoms with E-state index >= 15 is 0 Å². The maximum atomic E-state index is 12.4. The van der Waals surface area contributed by atoms with E-state index in [1.807, 2.05) is 0 Å². The van der Waals surface area contributed by atoms with Crippen LogP contribution in [0.1, 0.15) is 37.9 Å². The van der Waals surface area contributed by atoms with Gasteiger partial charge in [0.1, 0.15) is 5.75 Å². The van der Waals surface area contributed by atoms with Crippen molar-refractivity contribution in [3.63, 3.8) is 0 Å². The van der Waals surface area contributed by atoms with Gasteiger partial charge in [0.15, 0.2) is 15.7 Å². The highest BCUT2D eigenvalue weighted by Crippen LogP contribution is 2.16. The van der Waals surface area contributed by atoms with Crippen molar-refractivity contribution in [1.82, 2.24) is 20.4 Å². The van der Waals surface area contributed by atoms with E-state index in [0.717, 1.165) is 25.6 Å². The van der Waals surface area contributed by atoms with Crippen molar-refractivity contribution < 1.29 is 17.7 Å². The zero-order chi connectivity index (χ0) is 20.7. The highest BCUT2D eigenvalue weighted by Gasteiger charge is 2.19. The van der Waals surface area contributed by atoms with Crippen LogP contribution in [0, 0.1) is 5.92 Å². The average Bonchev–Trinajstić information content (AvgIpc) is 3.15. The van der Waals surface area contributed by atoms with Gasteiger partial charge >= 0.3 is 0 Å². The second kappa shape index (κ2) is 9.98. The molecule has 1 aliphatic heterocycles. The minimum atomic E-state index is -3.53. The molecule has 1 N–H and O–H groups in total. The molecule has 29 heavy (non-hydrogen) atoms. The van der Waals surface area contributed by atoms with Gasteiger partial charge in [-0.05, 0) is 44.0 Å². The van der Waals surface area contributed by atoms with Crippen LogP contribution in [-0.4, -0.2) is 55.5 Å². The Bertz CT molecular complexity index is 890. The van der Waals surface area contributed by atoms with Gasteiger partial charge in [-0.25, -0.2) is 8.42 Å². The van der Waals surface area contributed by atoms with Crippen molar-refractivity contribution in [3.05, 3.63) is 42.0 Å². The molecule has 158 valence electrons. The molecule has 9 heteroatoms. The van der Waals surface area contributed by atoms with Crippen LogP contribution in [-0.2, 0) is 26.8 Å². The molecular weight excluding hydrogens is 392 g/mol. The van der Waals surface area contributed by atoms with Crippen LogP contribution in [0.3, 0.4) is 0 Å². The van der Waals surface area contributed by atoms with Crippen molar-refractivity contribution >= 4 is 15.7 Å². The lowest BCUT2D eigenvalue weighted by molar-refractivity contribution is -0.121. The summed E-state index contributed by atoms with van der Waals surface area (Å²) in [4.78, 5) is 18.7. The first-order valence-corrected chi connectivity index (χ1v) is 11.7. The minimum absolute atomic E-state index is 0.0768. The summed E-state index contributed by atoms with van der Waals surface area (Å²) in [6, 6.07) is 8.15. The largest absolute Gasteiger partial charge is 0.355 e. The Morgan fingerprint density at radius 2 is 1.97 bits per heavy atom. The van der Waals surface area contributed by atoms with Gasteiger partial charge in [-0.15, -0.1) is 0 Å². The topological polar surface area (TPSA) is 105 Å². The van der Waals surface area contributed by atoms with Crippen molar-refractivity contribution in [2.24, 2.45) is 5.92 Å². The molecule has 0 atom stereocenters. The van der Waals surface area contributed by atoms with E-state index in [2.05, 4.69) is 27.3 Å². The normalized spacial score (nSPS) is 16.0. The van der Waals surface area contributed by atoms with Crippen LogP contribution < -0.4 is 5.32 Å². The summed E-state index contributed by atoms with van der Waals surface area (Å²) in [5.74, 6) is 0.753. The molecule has 1 aromatic heterocycles. The molecule has 0 unspecified atom stereocenters. The fourth-order valence-corrected chi connectivity index (χ4v) is 4.48. The SMILES string of the molecule is CC1CCN(CCNC(=O)CCc2nc(CS(=O)(=O)c3ccccc3)no2)CC1. The van der Waals surface area contributed by atoms with Gasteiger partial charge in [0.2, 0.25) is 11.8 Å². The Morgan fingerprint density at radius 1 is 1.24 bits per heavy atom. The number of amides is 1. The number of carbonyl (C=O) groups is 1. The molecule has 3 rings (SSSR count). The van der Waals surface area contributed by atoms with Crippen LogP contribution in [0.15, 0.2) is 39.8 Å². The van der Waals surface area contributed by atoms with Crippen LogP contribution in [0.4, 0.5) is 0 Å².